The number of esters is 1. The zero-order chi connectivity index (χ0) is 38.3. The van der Waals surface area contributed by atoms with E-state index in [1.807, 2.05) is 58.0 Å². The molecule has 1 aliphatic rings. The van der Waals surface area contributed by atoms with Crippen LogP contribution in [0.25, 0.3) is 17.0 Å². The van der Waals surface area contributed by atoms with Crippen LogP contribution >= 0.6 is 0 Å². The highest BCUT2D eigenvalue weighted by Crippen LogP contribution is 2.25. The highest BCUT2D eigenvalue weighted by Gasteiger charge is 2.32. The van der Waals surface area contributed by atoms with E-state index in [4.69, 9.17) is 14.5 Å². The molecule has 13 heteroatoms. The zero-order valence-corrected chi connectivity index (χ0v) is 31.9. The van der Waals surface area contributed by atoms with Gasteiger partial charge in [0.1, 0.15) is 11.6 Å². The number of hydrazine groups is 1. The molecule has 1 saturated heterocycles. The van der Waals surface area contributed by atoms with Gasteiger partial charge >= 0.3 is 12.1 Å². The average molecular weight is 709 g/mol. The van der Waals surface area contributed by atoms with Gasteiger partial charge < -0.3 is 20.1 Å². The lowest BCUT2D eigenvalue weighted by Gasteiger charge is -2.35. The van der Waals surface area contributed by atoms with Gasteiger partial charge in [-0.1, -0.05) is 38.1 Å². The molecule has 280 valence electrons. The molecular formula is C38H56N6O7. The Morgan fingerprint density at radius 3 is 2.35 bits per heavy atom. The molecule has 4 atom stereocenters. The van der Waals surface area contributed by atoms with Crippen molar-refractivity contribution >= 4 is 46.6 Å². The van der Waals surface area contributed by atoms with Crippen LogP contribution < -0.4 is 21.4 Å². The summed E-state index contributed by atoms with van der Waals surface area (Å²) in [6.07, 6.45) is 4.14. The minimum atomic E-state index is -0.789. The number of ketones is 1. The molecular weight excluding hydrogens is 652 g/mol. The Morgan fingerprint density at radius 1 is 1.04 bits per heavy atom. The van der Waals surface area contributed by atoms with Gasteiger partial charge in [0, 0.05) is 11.9 Å². The standard InChI is InChI=1S/C38H56N6O7/c1-22(2)31(42-36(49)51-37(6,7)8)30(45)21-39-25(5)34(47)44-18-12-13-28(43-44)33(46)40-24(4)32-23(3)19-27-15-14-26(20-29(27)41-32)16-17-38(9,10)35(48)50-11/h14-17,19-20,22,24-25,28,31,39,43H,12-13,18,21H2,1-11H3,(H,40,46)(H,42,49)/b17-16+/t24-,25+,28+,31+/m1/s1. The minimum Gasteiger partial charge on any atom is -0.468 e. The van der Waals surface area contributed by atoms with E-state index < -0.39 is 41.3 Å². The molecule has 2 heterocycles. The van der Waals surface area contributed by atoms with Crippen molar-refractivity contribution in [2.75, 3.05) is 20.2 Å². The van der Waals surface area contributed by atoms with Crippen LogP contribution in [0, 0.1) is 18.3 Å². The number of amides is 3. The number of carbonyl (C=O) groups is 5. The predicted molar refractivity (Wildman–Crippen MR) is 196 cm³/mol. The Hall–Kier alpha value is -4.36. The lowest BCUT2D eigenvalue weighted by Crippen LogP contribution is -2.61. The van der Waals surface area contributed by atoms with Gasteiger partial charge in [0.25, 0.3) is 5.91 Å². The Kier molecular flexibility index (Phi) is 13.9. The molecule has 4 N–H and O–H groups in total. The van der Waals surface area contributed by atoms with Crippen molar-refractivity contribution in [2.45, 2.75) is 112 Å². The van der Waals surface area contributed by atoms with Gasteiger partial charge in [0.2, 0.25) is 5.91 Å². The molecule has 13 nitrogen and oxygen atoms in total. The molecule has 1 fully saturated rings. The smallest absolute Gasteiger partial charge is 0.408 e. The molecule has 1 aliphatic heterocycles. The first-order valence-corrected chi connectivity index (χ1v) is 17.5. The summed E-state index contributed by atoms with van der Waals surface area (Å²) in [5.41, 5.74) is 4.86. The average Bonchev–Trinajstić information content (AvgIpc) is 3.06. The second-order valence-corrected chi connectivity index (χ2v) is 15.2. The van der Waals surface area contributed by atoms with E-state index in [0.717, 1.165) is 27.7 Å². The molecule has 3 amide bonds. The van der Waals surface area contributed by atoms with Gasteiger partial charge in [-0.25, -0.2) is 10.2 Å². The van der Waals surface area contributed by atoms with Crippen LogP contribution in [0.1, 0.15) is 98.0 Å². The second-order valence-electron chi connectivity index (χ2n) is 15.2. The summed E-state index contributed by atoms with van der Waals surface area (Å²) in [7, 11) is 1.37. The lowest BCUT2D eigenvalue weighted by molar-refractivity contribution is -0.148. The van der Waals surface area contributed by atoms with Crippen molar-refractivity contribution in [3.05, 3.63) is 47.2 Å². The van der Waals surface area contributed by atoms with E-state index in [1.54, 1.807) is 47.6 Å². The quantitative estimate of drug-likeness (QED) is 0.217. The molecule has 1 aromatic heterocycles. The summed E-state index contributed by atoms with van der Waals surface area (Å²) in [5, 5.41) is 11.1. The minimum absolute atomic E-state index is 0.137. The van der Waals surface area contributed by atoms with Crippen molar-refractivity contribution in [1.82, 2.24) is 31.4 Å². The van der Waals surface area contributed by atoms with E-state index in [2.05, 4.69) is 21.4 Å². The lowest BCUT2D eigenvalue weighted by atomic mass is 9.92. The second kappa shape index (κ2) is 17.2. The number of benzene rings is 1. The molecule has 2 aromatic rings. The van der Waals surface area contributed by atoms with Crippen molar-refractivity contribution in [1.29, 1.82) is 0 Å². The summed E-state index contributed by atoms with van der Waals surface area (Å²) in [4.78, 5) is 69.1. The number of aryl methyl sites for hydroxylation is 1. The van der Waals surface area contributed by atoms with Crippen molar-refractivity contribution in [3.8, 4) is 0 Å². The van der Waals surface area contributed by atoms with Gasteiger partial charge in [0.15, 0.2) is 5.78 Å². The summed E-state index contributed by atoms with van der Waals surface area (Å²) in [6, 6.07) is 5.32. The van der Waals surface area contributed by atoms with Crippen LogP contribution in [0.3, 0.4) is 0 Å². The Labute approximate surface area is 301 Å². The number of hydrogen-bond donors (Lipinski definition) is 4. The zero-order valence-electron chi connectivity index (χ0n) is 31.9. The summed E-state index contributed by atoms with van der Waals surface area (Å²) in [5.74, 6) is -1.36. The molecule has 51 heavy (non-hydrogen) atoms. The number of nitrogens with one attached hydrogen (secondary N) is 4. The van der Waals surface area contributed by atoms with E-state index in [0.29, 0.717) is 19.4 Å². The SMILES string of the molecule is COC(=O)C(C)(C)/C=C/c1ccc2cc(C)c([C@@H](C)NC(=O)[C@@H]3CCCN(C(=O)[C@H](C)NCC(=O)[C@@H](NC(=O)OC(C)(C)C)C(C)C)N3)nc2c1. The van der Waals surface area contributed by atoms with Crippen molar-refractivity contribution in [2.24, 2.45) is 11.3 Å². The molecule has 0 aliphatic carbocycles. The van der Waals surface area contributed by atoms with E-state index in [9.17, 15) is 24.0 Å². The van der Waals surface area contributed by atoms with Crippen LogP contribution in [0.2, 0.25) is 0 Å². The first-order chi connectivity index (χ1) is 23.7. The van der Waals surface area contributed by atoms with E-state index in [-0.39, 0.29) is 36.0 Å². The number of carbonyl (C=O) groups excluding carboxylic acids is 5. The number of Topliss-reactive ketones (excluding diaryl/α,β-unsaturated/α-hetero) is 1. The third kappa shape index (κ3) is 11.6. The molecule has 1 aromatic carbocycles. The molecule has 3 rings (SSSR count). The highest BCUT2D eigenvalue weighted by atomic mass is 16.6. The maximum absolute atomic E-state index is 13.4. The number of alkyl carbamates (subject to hydrolysis) is 1. The number of ether oxygens (including phenoxy) is 2. The van der Waals surface area contributed by atoms with Crippen LogP contribution in [0.4, 0.5) is 4.79 Å². The normalized spacial score (nSPS) is 17.2. The Balaban J connectivity index is 1.61. The van der Waals surface area contributed by atoms with Gasteiger partial charge in [-0.15, -0.1) is 0 Å². The van der Waals surface area contributed by atoms with Crippen molar-refractivity contribution in [3.63, 3.8) is 0 Å². The largest absolute Gasteiger partial charge is 0.468 e. The maximum Gasteiger partial charge on any atom is 0.408 e. The number of methoxy groups -OCH3 is 1. The number of rotatable bonds is 13. The third-order valence-electron chi connectivity index (χ3n) is 8.65. The highest BCUT2D eigenvalue weighted by molar-refractivity contribution is 5.90. The number of fused-ring (bicyclic) bond motifs is 1. The van der Waals surface area contributed by atoms with Gasteiger partial charge in [-0.3, -0.25) is 34.5 Å². The third-order valence-corrected chi connectivity index (χ3v) is 8.65. The van der Waals surface area contributed by atoms with Crippen LogP contribution in [-0.2, 0) is 28.7 Å². The first-order valence-electron chi connectivity index (χ1n) is 17.5. The number of pyridine rings is 1. The molecule has 0 saturated carbocycles. The molecule has 0 spiro atoms. The van der Waals surface area contributed by atoms with Gasteiger partial charge in [0.05, 0.1) is 48.4 Å². The monoisotopic (exact) mass is 708 g/mol. The Bertz CT molecular complexity index is 1630. The topological polar surface area (TPSA) is 168 Å². The van der Waals surface area contributed by atoms with Gasteiger partial charge in [-0.2, -0.15) is 0 Å². The summed E-state index contributed by atoms with van der Waals surface area (Å²) >= 11 is 0. The van der Waals surface area contributed by atoms with E-state index in [1.165, 1.54) is 12.1 Å². The first kappa shape index (κ1) is 41.1. The molecule has 0 bridgehead atoms. The van der Waals surface area contributed by atoms with Crippen LogP contribution in [-0.4, -0.2) is 83.6 Å². The van der Waals surface area contributed by atoms with Crippen LogP contribution in [0.5, 0.6) is 0 Å². The van der Waals surface area contributed by atoms with Gasteiger partial charge in [-0.05, 0) is 97.4 Å². The fourth-order valence-electron chi connectivity index (χ4n) is 5.74. The maximum atomic E-state index is 13.4. The number of hydrogen-bond acceptors (Lipinski definition) is 10. The predicted octanol–water partition coefficient (Wildman–Crippen LogP) is 4.52. The Morgan fingerprint density at radius 2 is 1.73 bits per heavy atom. The van der Waals surface area contributed by atoms with Crippen LogP contribution in [0.15, 0.2) is 30.3 Å². The summed E-state index contributed by atoms with van der Waals surface area (Å²) in [6.45, 7) is 18.2. The van der Waals surface area contributed by atoms with Crippen molar-refractivity contribution < 1.29 is 33.4 Å². The molecule has 0 unspecified atom stereocenters. The fraction of sp³-hybridized carbons (Fsp3) is 0.579. The number of aromatic nitrogens is 1. The summed E-state index contributed by atoms with van der Waals surface area (Å²) < 4.78 is 10.2. The number of nitrogens with zero attached hydrogens (tertiary/aromatic N) is 2. The molecule has 0 radical (unpaired) electrons. The van der Waals surface area contributed by atoms with E-state index >= 15 is 0 Å². The fourth-order valence-corrected chi connectivity index (χ4v) is 5.74.